The fourth-order valence-electron chi connectivity index (χ4n) is 3.42. The molecule has 2 heterocycles. The van der Waals surface area contributed by atoms with E-state index in [4.69, 9.17) is 11.6 Å². The summed E-state index contributed by atoms with van der Waals surface area (Å²) in [4.78, 5) is 22.7. The van der Waals surface area contributed by atoms with Crippen molar-refractivity contribution in [3.05, 3.63) is 59.1 Å². The Labute approximate surface area is 157 Å². The summed E-state index contributed by atoms with van der Waals surface area (Å²) in [6.07, 6.45) is 1.66. The normalized spacial score (nSPS) is 15.3. The number of carbonyl (C=O) groups is 1. The van der Waals surface area contributed by atoms with Gasteiger partial charge < -0.3 is 15.2 Å². The molecular weight excluding hydrogens is 348 g/mol. The number of aromatic nitrogens is 2. The molecule has 6 heteroatoms. The lowest BCUT2D eigenvalue weighted by molar-refractivity contribution is -0.125. The molecule has 1 aliphatic heterocycles. The standard InChI is InChI=1S/C20H21ClN4O/c21-16-5-3-4-14(12-16)13-22-19(26)15-8-10-25(11-9-15)20-23-17-6-1-2-7-18(17)24-20/h1-7,12,15H,8-11,13H2,(H,22,26)(H,23,24). The molecule has 26 heavy (non-hydrogen) atoms. The number of para-hydroxylation sites is 2. The zero-order valence-corrected chi connectivity index (χ0v) is 15.2. The first kappa shape index (κ1) is 16.9. The van der Waals surface area contributed by atoms with Gasteiger partial charge in [0.1, 0.15) is 0 Å². The summed E-state index contributed by atoms with van der Waals surface area (Å²) in [7, 11) is 0. The molecule has 1 fully saturated rings. The number of nitrogens with one attached hydrogen (secondary N) is 2. The SMILES string of the molecule is O=C(NCc1cccc(Cl)c1)C1CCN(c2nc3ccccc3[nH]2)CC1. The Bertz CT molecular complexity index is 882. The van der Waals surface area contributed by atoms with Crippen LogP contribution in [0.4, 0.5) is 5.95 Å². The van der Waals surface area contributed by atoms with Gasteiger partial charge in [0, 0.05) is 30.6 Å². The molecule has 0 bridgehead atoms. The van der Waals surface area contributed by atoms with Crippen molar-refractivity contribution in [2.45, 2.75) is 19.4 Å². The van der Waals surface area contributed by atoms with Gasteiger partial charge in [-0.1, -0.05) is 35.9 Å². The molecule has 2 aromatic carbocycles. The monoisotopic (exact) mass is 368 g/mol. The molecule has 0 aliphatic carbocycles. The van der Waals surface area contributed by atoms with Crippen molar-refractivity contribution in [1.82, 2.24) is 15.3 Å². The Balaban J connectivity index is 1.32. The number of imidazole rings is 1. The minimum absolute atomic E-state index is 0.0508. The number of benzene rings is 2. The van der Waals surface area contributed by atoms with E-state index in [1.165, 1.54) is 0 Å². The summed E-state index contributed by atoms with van der Waals surface area (Å²) in [6, 6.07) is 15.6. The van der Waals surface area contributed by atoms with Crippen LogP contribution in [0.25, 0.3) is 11.0 Å². The molecule has 5 nitrogen and oxygen atoms in total. The molecule has 0 atom stereocenters. The van der Waals surface area contributed by atoms with E-state index >= 15 is 0 Å². The van der Waals surface area contributed by atoms with Crippen LogP contribution in [-0.2, 0) is 11.3 Å². The van der Waals surface area contributed by atoms with Gasteiger partial charge in [0.05, 0.1) is 11.0 Å². The van der Waals surface area contributed by atoms with Crippen LogP contribution in [-0.4, -0.2) is 29.0 Å². The fourth-order valence-corrected chi connectivity index (χ4v) is 3.64. The lowest BCUT2D eigenvalue weighted by atomic mass is 9.96. The number of nitrogens with zero attached hydrogens (tertiary/aromatic N) is 2. The van der Waals surface area contributed by atoms with Crippen LogP contribution in [0.1, 0.15) is 18.4 Å². The minimum Gasteiger partial charge on any atom is -0.352 e. The van der Waals surface area contributed by atoms with Gasteiger partial charge in [-0.05, 0) is 42.7 Å². The van der Waals surface area contributed by atoms with Crippen molar-refractivity contribution in [3.63, 3.8) is 0 Å². The van der Waals surface area contributed by atoms with E-state index in [0.717, 1.165) is 48.5 Å². The lowest BCUT2D eigenvalue weighted by Crippen LogP contribution is -2.40. The predicted molar refractivity (Wildman–Crippen MR) is 104 cm³/mol. The van der Waals surface area contributed by atoms with E-state index in [0.29, 0.717) is 11.6 Å². The smallest absolute Gasteiger partial charge is 0.223 e. The van der Waals surface area contributed by atoms with Gasteiger partial charge in [0.2, 0.25) is 11.9 Å². The van der Waals surface area contributed by atoms with Crippen molar-refractivity contribution in [2.75, 3.05) is 18.0 Å². The largest absolute Gasteiger partial charge is 0.352 e. The summed E-state index contributed by atoms with van der Waals surface area (Å²) in [6.45, 7) is 2.17. The molecular formula is C20H21ClN4O. The Morgan fingerprint density at radius 2 is 2.00 bits per heavy atom. The van der Waals surface area contributed by atoms with Gasteiger partial charge in [-0.3, -0.25) is 4.79 Å². The number of carbonyl (C=O) groups excluding carboxylic acids is 1. The van der Waals surface area contributed by atoms with E-state index in [-0.39, 0.29) is 11.8 Å². The number of hydrogen-bond acceptors (Lipinski definition) is 3. The van der Waals surface area contributed by atoms with Gasteiger partial charge >= 0.3 is 0 Å². The lowest BCUT2D eigenvalue weighted by Gasteiger charge is -2.31. The van der Waals surface area contributed by atoms with Crippen LogP contribution >= 0.6 is 11.6 Å². The summed E-state index contributed by atoms with van der Waals surface area (Å²) in [5.74, 6) is 1.06. The maximum absolute atomic E-state index is 12.5. The van der Waals surface area contributed by atoms with E-state index in [1.807, 2.05) is 48.5 Å². The third-order valence-corrected chi connectivity index (χ3v) is 5.13. The molecule has 0 unspecified atom stereocenters. The third-order valence-electron chi connectivity index (χ3n) is 4.90. The number of fused-ring (bicyclic) bond motifs is 1. The summed E-state index contributed by atoms with van der Waals surface area (Å²) < 4.78 is 0. The van der Waals surface area contributed by atoms with Crippen LogP contribution in [0.3, 0.4) is 0 Å². The second kappa shape index (κ2) is 7.38. The highest BCUT2D eigenvalue weighted by molar-refractivity contribution is 6.30. The molecule has 0 spiro atoms. The number of piperidine rings is 1. The van der Waals surface area contributed by atoms with Crippen molar-refractivity contribution < 1.29 is 4.79 Å². The van der Waals surface area contributed by atoms with E-state index in [9.17, 15) is 4.79 Å². The van der Waals surface area contributed by atoms with Gasteiger partial charge in [0.25, 0.3) is 0 Å². The Hall–Kier alpha value is -2.53. The highest BCUT2D eigenvalue weighted by Gasteiger charge is 2.26. The molecule has 0 saturated carbocycles. The van der Waals surface area contributed by atoms with Crippen molar-refractivity contribution in [2.24, 2.45) is 5.92 Å². The number of aromatic amines is 1. The van der Waals surface area contributed by atoms with E-state index < -0.39 is 0 Å². The average molecular weight is 369 g/mol. The molecule has 2 N–H and O–H groups in total. The van der Waals surface area contributed by atoms with Crippen LogP contribution in [0.5, 0.6) is 0 Å². The molecule has 1 amide bonds. The Kier molecular flexibility index (Phi) is 4.80. The number of hydrogen-bond donors (Lipinski definition) is 2. The summed E-state index contributed by atoms with van der Waals surface area (Å²) >= 11 is 5.99. The van der Waals surface area contributed by atoms with Gasteiger partial charge in [0.15, 0.2) is 0 Å². The zero-order valence-electron chi connectivity index (χ0n) is 14.4. The maximum Gasteiger partial charge on any atom is 0.223 e. The molecule has 1 aliphatic rings. The summed E-state index contributed by atoms with van der Waals surface area (Å²) in [5.41, 5.74) is 3.04. The first-order valence-electron chi connectivity index (χ1n) is 8.91. The molecule has 1 saturated heterocycles. The first-order chi connectivity index (χ1) is 12.7. The van der Waals surface area contributed by atoms with Crippen molar-refractivity contribution >= 4 is 34.5 Å². The third kappa shape index (κ3) is 3.68. The average Bonchev–Trinajstić information content (AvgIpc) is 3.10. The van der Waals surface area contributed by atoms with Gasteiger partial charge in [-0.25, -0.2) is 4.98 Å². The van der Waals surface area contributed by atoms with Crippen LogP contribution in [0.2, 0.25) is 5.02 Å². The van der Waals surface area contributed by atoms with Crippen LogP contribution in [0.15, 0.2) is 48.5 Å². The molecule has 1 aromatic heterocycles. The number of amides is 1. The first-order valence-corrected chi connectivity index (χ1v) is 9.29. The highest BCUT2D eigenvalue weighted by Crippen LogP contribution is 2.23. The summed E-state index contributed by atoms with van der Waals surface area (Å²) in [5, 5.41) is 3.72. The molecule has 134 valence electrons. The topological polar surface area (TPSA) is 61.0 Å². The zero-order chi connectivity index (χ0) is 17.9. The number of anilines is 1. The quantitative estimate of drug-likeness (QED) is 0.737. The number of halogens is 1. The molecule has 3 aromatic rings. The Morgan fingerprint density at radius 1 is 1.19 bits per heavy atom. The highest BCUT2D eigenvalue weighted by atomic mass is 35.5. The maximum atomic E-state index is 12.5. The van der Waals surface area contributed by atoms with Crippen molar-refractivity contribution in [1.29, 1.82) is 0 Å². The van der Waals surface area contributed by atoms with Gasteiger partial charge in [-0.2, -0.15) is 0 Å². The second-order valence-corrected chi connectivity index (χ2v) is 7.12. The van der Waals surface area contributed by atoms with Crippen LogP contribution < -0.4 is 10.2 Å². The van der Waals surface area contributed by atoms with E-state index in [2.05, 4.69) is 20.2 Å². The predicted octanol–water partition coefficient (Wildman–Crippen LogP) is 3.75. The molecule has 0 radical (unpaired) electrons. The Morgan fingerprint density at radius 3 is 2.77 bits per heavy atom. The van der Waals surface area contributed by atoms with Gasteiger partial charge in [-0.15, -0.1) is 0 Å². The van der Waals surface area contributed by atoms with Crippen molar-refractivity contribution in [3.8, 4) is 0 Å². The fraction of sp³-hybridized carbons (Fsp3) is 0.300. The minimum atomic E-state index is 0.0508. The second-order valence-electron chi connectivity index (χ2n) is 6.69. The van der Waals surface area contributed by atoms with E-state index in [1.54, 1.807) is 0 Å². The van der Waals surface area contributed by atoms with Crippen LogP contribution in [0, 0.1) is 5.92 Å². The number of H-pyrrole nitrogens is 1. The molecule has 4 rings (SSSR count). The number of rotatable bonds is 4.